The monoisotopic (exact) mass is 318 g/mol. The molecule has 0 saturated carbocycles. The topological polar surface area (TPSA) is 57.4 Å². The van der Waals surface area contributed by atoms with Crippen LogP contribution in [0.4, 0.5) is 0 Å². The highest BCUT2D eigenvalue weighted by molar-refractivity contribution is 8.06. The fourth-order valence-electron chi connectivity index (χ4n) is 2.09. The van der Waals surface area contributed by atoms with Gasteiger partial charge >= 0.3 is 0 Å². The van der Waals surface area contributed by atoms with E-state index in [4.69, 9.17) is 14.0 Å². The number of rotatable bonds is 7. The molecular formula is C13H22N2O3S2. The van der Waals surface area contributed by atoms with Gasteiger partial charge in [-0.2, -0.15) is 16.7 Å². The minimum absolute atomic E-state index is 0.306. The van der Waals surface area contributed by atoms with Gasteiger partial charge in [0.05, 0.1) is 5.25 Å². The molecular weight excluding hydrogens is 296 g/mol. The second-order valence-electron chi connectivity index (χ2n) is 4.34. The fraction of sp³-hybridized carbons (Fsp3) is 0.846. The van der Waals surface area contributed by atoms with Gasteiger partial charge in [-0.3, -0.25) is 0 Å². The lowest BCUT2D eigenvalue weighted by Gasteiger charge is -2.27. The Morgan fingerprint density at radius 1 is 1.20 bits per heavy atom. The Balaban J connectivity index is 2.09. The zero-order valence-electron chi connectivity index (χ0n) is 12.2. The number of hydrogen-bond donors (Lipinski definition) is 0. The molecule has 7 heteroatoms. The lowest BCUT2D eigenvalue weighted by Crippen LogP contribution is -2.19. The van der Waals surface area contributed by atoms with E-state index < -0.39 is 6.29 Å². The number of aromatic nitrogens is 2. The standard InChI is InChI=1S/C13H22N2O3S2/c1-4-9-10(20-8-7-19-9)11-14-12(18-15-11)13(16-5-2)17-6-3/h9-10,13H,4-8H2,1-3H3. The van der Waals surface area contributed by atoms with Crippen molar-refractivity contribution in [3.05, 3.63) is 11.7 Å². The lowest BCUT2D eigenvalue weighted by molar-refractivity contribution is -0.155. The van der Waals surface area contributed by atoms with Crippen LogP contribution < -0.4 is 0 Å². The molecule has 20 heavy (non-hydrogen) atoms. The predicted octanol–water partition coefficient (Wildman–Crippen LogP) is 3.44. The van der Waals surface area contributed by atoms with Gasteiger partial charge in [0.25, 0.3) is 5.89 Å². The van der Waals surface area contributed by atoms with Gasteiger partial charge in [0.2, 0.25) is 6.29 Å². The summed E-state index contributed by atoms with van der Waals surface area (Å²) in [4.78, 5) is 4.51. The normalized spacial score (nSPS) is 23.4. The molecule has 2 atom stereocenters. The first-order chi connectivity index (χ1) is 9.80. The van der Waals surface area contributed by atoms with E-state index in [2.05, 4.69) is 17.1 Å². The van der Waals surface area contributed by atoms with E-state index in [1.165, 1.54) is 5.75 Å². The van der Waals surface area contributed by atoms with Crippen LogP contribution in [-0.2, 0) is 9.47 Å². The van der Waals surface area contributed by atoms with Crippen molar-refractivity contribution in [3.8, 4) is 0 Å². The molecule has 1 saturated heterocycles. The van der Waals surface area contributed by atoms with E-state index in [1.807, 2.05) is 37.4 Å². The molecule has 0 spiro atoms. The van der Waals surface area contributed by atoms with Crippen LogP contribution in [-0.4, -0.2) is 40.1 Å². The molecule has 5 nitrogen and oxygen atoms in total. The van der Waals surface area contributed by atoms with Crippen LogP contribution in [0.25, 0.3) is 0 Å². The van der Waals surface area contributed by atoms with Crippen molar-refractivity contribution in [2.75, 3.05) is 24.7 Å². The highest BCUT2D eigenvalue weighted by Gasteiger charge is 2.31. The van der Waals surface area contributed by atoms with Gasteiger partial charge in [-0.05, 0) is 20.3 Å². The quantitative estimate of drug-likeness (QED) is 0.714. The molecule has 1 aromatic heterocycles. The SMILES string of the molecule is CCOC(OCC)c1nc(C2SCCSC2CC)no1. The summed E-state index contributed by atoms with van der Waals surface area (Å²) in [7, 11) is 0. The zero-order chi connectivity index (χ0) is 14.4. The molecule has 0 radical (unpaired) electrons. The Morgan fingerprint density at radius 2 is 1.90 bits per heavy atom. The highest BCUT2D eigenvalue weighted by Crippen LogP contribution is 2.43. The molecule has 2 rings (SSSR count). The molecule has 1 aromatic rings. The number of nitrogens with zero attached hydrogens (tertiary/aromatic N) is 2. The first-order valence-electron chi connectivity index (χ1n) is 7.10. The summed E-state index contributed by atoms with van der Waals surface area (Å²) >= 11 is 3.91. The van der Waals surface area contributed by atoms with Crippen LogP contribution in [0, 0.1) is 0 Å². The van der Waals surface area contributed by atoms with E-state index >= 15 is 0 Å². The van der Waals surface area contributed by atoms with Crippen molar-refractivity contribution in [3.63, 3.8) is 0 Å². The van der Waals surface area contributed by atoms with Crippen molar-refractivity contribution in [2.45, 2.75) is 44.0 Å². The molecule has 1 aliphatic heterocycles. The Bertz CT molecular complexity index is 397. The zero-order valence-corrected chi connectivity index (χ0v) is 13.8. The molecule has 0 aliphatic carbocycles. The molecule has 114 valence electrons. The van der Waals surface area contributed by atoms with Crippen LogP contribution in [0.1, 0.15) is 50.4 Å². The van der Waals surface area contributed by atoms with E-state index in [1.54, 1.807) is 0 Å². The minimum Gasteiger partial charge on any atom is -0.345 e. The van der Waals surface area contributed by atoms with Crippen LogP contribution in [0.2, 0.25) is 0 Å². The molecule has 0 amide bonds. The smallest absolute Gasteiger partial charge is 0.283 e. The Labute approximate surface area is 128 Å². The third-order valence-corrected chi connectivity index (χ3v) is 6.24. The largest absolute Gasteiger partial charge is 0.345 e. The number of thioether (sulfide) groups is 2. The van der Waals surface area contributed by atoms with E-state index in [0.717, 1.165) is 18.0 Å². The summed E-state index contributed by atoms with van der Waals surface area (Å²) in [5.41, 5.74) is 0. The van der Waals surface area contributed by atoms with Crippen molar-refractivity contribution >= 4 is 23.5 Å². The maximum Gasteiger partial charge on any atom is 0.283 e. The van der Waals surface area contributed by atoms with E-state index in [9.17, 15) is 0 Å². The molecule has 0 bridgehead atoms. The van der Waals surface area contributed by atoms with Crippen LogP contribution in [0.15, 0.2) is 4.52 Å². The van der Waals surface area contributed by atoms with Gasteiger partial charge in [-0.1, -0.05) is 12.1 Å². The number of hydrogen-bond acceptors (Lipinski definition) is 7. The van der Waals surface area contributed by atoms with Crippen LogP contribution >= 0.6 is 23.5 Å². The lowest BCUT2D eigenvalue weighted by atomic mass is 10.2. The molecule has 1 fully saturated rings. The van der Waals surface area contributed by atoms with Gasteiger partial charge in [0.1, 0.15) is 0 Å². The Morgan fingerprint density at radius 3 is 2.55 bits per heavy atom. The van der Waals surface area contributed by atoms with Gasteiger partial charge in [-0.15, -0.1) is 11.8 Å². The van der Waals surface area contributed by atoms with E-state index in [0.29, 0.717) is 29.6 Å². The third kappa shape index (κ3) is 3.90. The maximum absolute atomic E-state index is 5.49. The first kappa shape index (κ1) is 16.1. The maximum atomic E-state index is 5.49. The summed E-state index contributed by atoms with van der Waals surface area (Å²) in [5.74, 6) is 3.53. The summed E-state index contributed by atoms with van der Waals surface area (Å²) in [6.45, 7) is 7.15. The Hall–Kier alpha value is -0.240. The van der Waals surface area contributed by atoms with Gasteiger partial charge < -0.3 is 14.0 Å². The first-order valence-corrected chi connectivity index (χ1v) is 9.19. The summed E-state index contributed by atoms with van der Waals surface area (Å²) in [6.07, 6.45) is 0.569. The van der Waals surface area contributed by atoms with Crippen molar-refractivity contribution < 1.29 is 14.0 Å². The van der Waals surface area contributed by atoms with E-state index in [-0.39, 0.29) is 0 Å². The fourth-order valence-corrected chi connectivity index (χ4v) is 5.08. The minimum atomic E-state index is -0.549. The second kappa shape index (κ2) is 8.26. The molecule has 0 N–H and O–H groups in total. The number of ether oxygens (including phenoxy) is 2. The highest BCUT2D eigenvalue weighted by atomic mass is 32.2. The summed E-state index contributed by atoms with van der Waals surface area (Å²) in [5, 5.41) is 5.00. The predicted molar refractivity (Wildman–Crippen MR) is 82.0 cm³/mol. The van der Waals surface area contributed by atoms with Crippen molar-refractivity contribution in [1.82, 2.24) is 10.1 Å². The summed E-state index contributed by atoms with van der Waals surface area (Å²) < 4.78 is 16.3. The van der Waals surface area contributed by atoms with Crippen LogP contribution in [0.5, 0.6) is 0 Å². The van der Waals surface area contributed by atoms with Gasteiger partial charge in [-0.25, -0.2) is 0 Å². The molecule has 2 unspecified atom stereocenters. The van der Waals surface area contributed by atoms with Gasteiger partial charge in [0, 0.05) is 30.0 Å². The Kier molecular flexibility index (Phi) is 6.67. The van der Waals surface area contributed by atoms with Crippen LogP contribution in [0.3, 0.4) is 0 Å². The van der Waals surface area contributed by atoms with Crippen molar-refractivity contribution in [1.29, 1.82) is 0 Å². The average Bonchev–Trinajstić information content (AvgIpc) is 2.96. The van der Waals surface area contributed by atoms with Gasteiger partial charge in [0.15, 0.2) is 5.82 Å². The second-order valence-corrected chi connectivity index (χ2v) is 6.94. The molecule has 2 heterocycles. The average molecular weight is 318 g/mol. The summed E-state index contributed by atoms with van der Waals surface area (Å²) in [6, 6.07) is 0. The van der Waals surface area contributed by atoms with Crippen molar-refractivity contribution in [2.24, 2.45) is 0 Å². The third-order valence-electron chi connectivity index (χ3n) is 3.00. The molecule has 1 aliphatic rings. The molecule has 0 aromatic carbocycles.